The molecule has 10 heteroatoms. The van der Waals surface area contributed by atoms with Crippen molar-refractivity contribution in [2.75, 3.05) is 24.7 Å². The fourth-order valence-electron chi connectivity index (χ4n) is 2.54. The van der Waals surface area contributed by atoms with Gasteiger partial charge in [-0.2, -0.15) is 8.78 Å². The van der Waals surface area contributed by atoms with Crippen molar-refractivity contribution in [2.45, 2.75) is 38.3 Å². The van der Waals surface area contributed by atoms with E-state index in [2.05, 4.69) is 15.4 Å². The number of urea groups is 1. The highest BCUT2D eigenvalue weighted by atomic mass is 32.2. The molecule has 0 saturated carbocycles. The Morgan fingerprint density at radius 2 is 1.85 bits per heavy atom. The highest BCUT2D eigenvalue weighted by molar-refractivity contribution is 7.88. The standard InChI is InChI=1S/C16H23F2N3O4S/c1-3-16(17,18)25-14-6-4-12(5-7-14)19-15(22)20-13-8-10-21(11-9-13)26(2,23)24/h4-7,13H,3,8-11H2,1-2H3,(H2,19,20,22). The summed E-state index contributed by atoms with van der Waals surface area (Å²) < 4.78 is 55.2. The first-order valence-electron chi connectivity index (χ1n) is 8.28. The molecular weight excluding hydrogens is 368 g/mol. The average molecular weight is 391 g/mol. The second-order valence-corrected chi connectivity index (χ2v) is 8.13. The van der Waals surface area contributed by atoms with Crippen molar-refractivity contribution in [3.8, 4) is 5.75 Å². The van der Waals surface area contributed by atoms with E-state index in [4.69, 9.17) is 0 Å². The Hall–Kier alpha value is -1.94. The van der Waals surface area contributed by atoms with Gasteiger partial charge in [0, 0.05) is 31.2 Å². The van der Waals surface area contributed by atoms with Gasteiger partial charge in [-0.15, -0.1) is 0 Å². The van der Waals surface area contributed by atoms with Crippen LogP contribution in [0.15, 0.2) is 24.3 Å². The zero-order valence-electron chi connectivity index (χ0n) is 14.7. The molecular formula is C16H23F2N3O4S. The normalized spacial score (nSPS) is 16.9. The number of hydrogen-bond donors (Lipinski definition) is 2. The van der Waals surface area contributed by atoms with Gasteiger partial charge in [-0.25, -0.2) is 17.5 Å². The molecule has 1 saturated heterocycles. The Balaban J connectivity index is 1.81. The summed E-state index contributed by atoms with van der Waals surface area (Å²) in [5, 5.41) is 5.39. The number of carbonyl (C=O) groups excluding carboxylic acids is 1. The molecule has 1 heterocycles. The molecule has 1 aliphatic heterocycles. The van der Waals surface area contributed by atoms with Gasteiger partial charge in [0.25, 0.3) is 0 Å². The number of amides is 2. The largest absolute Gasteiger partial charge is 0.433 e. The van der Waals surface area contributed by atoms with Gasteiger partial charge in [0.05, 0.1) is 6.26 Å². The van der Waals surface area contributed by atoms with Crippen LogP contribution in [0.4, 0.5) is 19.3 Å². The Labute approximate surface area is 151 Å². The smallest absolute Gasteiger partial charge is 0.397 e. The molecule has 1 aliphatic rings. The highest BCUT2D eigenvalue weighted by Gasteiger charge is 2.28. The maximum absolute atomic E-state index is 13.2. The van der Waals surface area contributed by atoms with Crippen LogP contribution in [0.5, 0.6) is 5.75 Å². The minimum Gasteiger partial charge on any atom is -0.433 e. The maximum atomic E-state index is 13.2. The van der Waals surface area contributed by atoms with Crippen LogP contribution < -0.4 is 15.4 Å². The fraction of sp³-hybridized carbons (Fsp3) is 0.562. The number of ether oxygens (including phenoxy) is 1. The van der Waals surface area contributed by atoms with Crippen LogP contribution in [-0.2, 0) is 10.0 Å². The Morgan fingerprint density at radius 3 is 2.35 bits per heavy atom. The minimum absolute atomic E-state index is 0.0101. The zero-order valence-corrected chi connectivity index (χ0v) is 15.5. The van der Waals surface area contributed by atoms with Crippen LogP contribution in [0.1, 0.15) is 26.2 Å². The second-order valence-electron chi connectivity index (χ2n) is 6.15. The van der Waals surface area contributed by atoms with E-state index in [9.17, 15) is 22.0 Å². The molecule has 1 aromatic rings. The highest BCUT2D eigenvalue weighted by Crippen LogP contribution is 2.25. The van der Waals surface area contributed by atoms with Gasteiger partial charge < -0.3 is 15.4 Å². The summed E-state index contributed by atoms with van der Waals surface area (Å²) in [6, 6.07) is 5.07. The van der Waals surface area contributed by atoms with E-state index in [1.807, 2.05) is 0 Å². The van der Waals surface area contributed by atoms with Crippen molar-refractivity contribution in [1.82, 2.24) is 9.62 Å². The lowest BCUT2D eigenvalue weighted by Gasteiger charge is -2.30. The summed E-state index contributed by atoms with van der Waals surface area (Å²) in [6.07, 6.45) is -1.45. The third-order valence-electron chi connectivity index (χ3n) is 4.05. The van der Waals surface area contributed by atoms with Crippen LogP contribution in [0.25, 0.3) is 0 Å². The number of alkyl halides is 2. The summed E-state index contributed by atoms with van der Waals surface area (Å²) in [4.78, 5) is 12.0. The van der Waals surface area contributed by atoms with Crippen molar-refractivity contribution >= 4 is 21.7 Å². The molecule has 0 unspecified atom stereocenters. The van der Waals surface area contributed by atoms with Crippen molar-refractivity contribution in [3.63, 3.8) is 0 Å². The van der Waals surface area contributed by atoms with Gasteiger partial charge in [-0.3, -0.25) is 0 Å². The molecule has 2 rings (SSSR count). The maximum Gasteiger partial charge on any atom is 0.397 e. The van der Waals surface area contributed by atoms with Crippen LogP contribution in [0, 0.1) is 0 Å². The van der Waals surface area contributed by atoms with Crippen molar-refractivity contribution in [1.29, 1.82) is 0 Å². The quantitative estimate of drug-likeness (QED) is 0.780. The molecule has 0 bridgehead atoms. The van der Waals surface area contributed by atoms with E-state index >= 15 is 0 Å². The number of rotatable bonds is 6. The van der Waals surface area contributed by atoms with E-state index in [0.29, 0.717) is 31.6 Å². The number of hydrogen-bond acceptors (Lipinski definition) is 4. The monoisotopic (exact) mass is 391 g/mol. The summed E-state index contributed by atoms with van der Waals surface area (Å²) in [5.74, 6) is 0.0101. The molecule has 2 amide bonds. The Bertz CT molecular complexity index is 718. The van der Waals surface area contributed by atoms with Crippen molar-refractivity contribution in [2.24, 2.45) is 0 Å². The first-order valence-corrected chi connectivity index (χ1v) is 10.1. The third-order valence-corrected chi connectivity index (χ3v) is 5.35. The molecule has 0 radical (unpaired) electrons. The number of halogens is 2. The van der Waals surface area contributed by atoms with Crippen molar-refractivity contribution < 1.29 is 26.7 Å². The first kappa shape index (κ1) is 20.4. The Kier molecular flexibility index (Phi) is 6.40. The van der Waals surface area contributed by atoms with Gasteiger partial charge >= 0.3 is 12.1 Å². The van der Waals surface area contributed by atoms with E-state index in [1.54, 1.807) is 0 Å². The summed E-state index contributed by atoms with van der Waals surface area (Å²) in [6.45, 7) is 2.05. The molecule has 1 fully saturated rings. The number of nitrogens with one attached hydrogen (secondary N) is 2. The lowest BCUT2D eigenvalue weighted by Crippen LogP contribution is -2.47. The SMILES string of the molecule is CCC(F)(F)Oc1ccc(NC(=O)NC2CCN(S(C)(=O)=O)CC2)cc1. The third kappa shape index (κ3) is 6.10. The van der Waals surface area contributed by atoms with Gasteiger partial charge in [0.2, 0.25) is 10.0 Å². The number of piperidine rings is 1. The van der Waals surface area contributed by atoms with E-state index in [0.717, 1.165) is 6.26 Å². The van der Waals surface area contributed by atoms with Crippen LogP contribution in [0.3, 0.4) is 0 Å². The Morgan fingerprint density at radius 1 is 1.27 bits per heavy atom. The number of anilines is 1. The molecule has 146 valence electrons. The molecule has 0 aromatic heterocycles. The molecule has 0 spiro atoms. The summed E-state index contributed by atoms with van der Waals surface area (Å²) in [5.41, 5.74) is 0.434. The van der Waals surface area contributed by atoms with Gasteiger partial charge in [-0.05, 0) is 37.1 Å². The average Bonchev–Trinajstić information content (AvgIpc) is 2.56. The summed E-state index contributed by atoms with van der Waals surface area (Å²) >= 11 is 0. The van der Waals surface area contributed by atoms with Crippen LogP contribution in [0.2, 0.25) is 0 Å². The predicted molar refractivity (Wildman–Crippen MR) is 93.9 cm³/mol. The van der Waals surface area contributed by atoms with Crippen molar-refractivity contribution in [3.05, 3.63) is 24.3 Å². The summed E-state index contributed by atoms with van der Waals surface area (Å²) in [7, 11) is -3.21. The number of benzene rings is 1. The lowest BCUT2D eigenvalue weighted by molar-refractivity contribution is -0.177. The molecule has 1 aromatic carbocycles. The van der Waals surface area contributed by atoms with E-state index < -0.39 is 28.6 Å². The molecule has 26 heavy (non-hydrogen) atoms. The van der Waals surface area contributed by atoms with Crippen LogP contribution >= 0.6 is 0 Å². The minimum atomic E-state index is -3.23. The first-order chi connectivity index (χ1) is 12.1. The molecule has 0 aliphatic carbocycles. The topological polar surface area (TPSA) is 87.7 Å². The predicted octanol–water partition coefficient (Wildman–Crippen LogP) is 2.61. The van der Waals surface area contributed by atoms with Gasteiger partial charge in [0.1, 0.15) is 5.75 Å². The fourth-order valence-corrected chi connectivity index (χ4v) is 3.41. The zero-order chi connectivity index (χ0) is 19.4. The van der Waals surface area contributed by atoms with Gasteiger partial charge in [0.15, 0.2) is 0 Å². The molecule has 7 nitrogen and oxygen atoms in total. The lowest BCUT2D eigenvalue weighted by atomic mass is 10.1. The van der Waals surface area contributed by atoms with Crippen LogP contribution in [-0.4, -0.2) is 50.2 Å². The molecule has 2 N–H and O–H groups in total. The van der Waals surface area contributed by atoms with Gasteiger partial charge in [-0.1, -0.05) is 6.92 Å². The number of nitrogens with zero attached hydrogens (tertiary/aromatic N) is 1. The number of carbonyl (C=O) groups is 1. The number of sulfonamides is 1. The second kappa shape index (κ2) is 8.17. The van der Waals surface area contributed by atoms with E-state index in [1.165, 1.54) is 35.5 Å². The van der Waals surface area contributed by atoms with E-state index in [-0.39, 0.29) is 11.8 Å². The molecule has 0 atom stereocenters.